The van der Waals surface area contributed by atoms with Crippen molar-refractivity contribution in [2.45, 2.75) is 26.7 Å². The predicted molar refractivity (Wildman–Crippen MR) is 121 cm³/mol. The lowest BCUT2D eigenvalue weighted by Gasteiger charge is -2.17. The first kappa shape index (κ1) is 21.5. The van der Waals surface area contributed by atoms with Gasteiger partial charge in [0.05, 0.1) is 29.6 Å². The van der Waals surface area contributed by atoms with Crippen molar-refractivity contribution in [3.8, 4) is 17.1 Å². The Balaban J connectivity index is 1.73. The Kier molecular flexibility index (Phi) is 5.89. The van der Waals surface area contributed by atoms with Crippen molar-refractivity contribution in [3.63, 3.8) is 0 Å². The van der Waals surface area contributed by atoms with Crippen LogP contribution < -0.4 is 15.4 Å². The number of hydrogen-bond donors (Lipinski definition) is 2. The number of benzene rings is 1. The highest BCUT2D eigenvalue weighted by molar-refractivity contribution is 6.05. The summed E-state index contributed by atoms with van der Waals surface area (Å²) >= 11 is 0. The maximum absolute atomic E-state index is 12.9. The standard InChI is InChI=1S/C23H26N6O3/c1-13(2)23(31)27-19-10-18(16(11-24-19)20(30)14-8-9-14)26-17-7-5-6-15(21(17)32-4)22-25-12-29(3)28-22/h5-7,10-14H,8-9H2,1-4H3,(H2,24,26,27,31). The molecule has 2 heterocycles. The minimum absolute atomic E-state index is 0.0272. The Hall–Kier alpha value is -3.75. The summed E-state index contributed by atoms with van der Waals surface area (Å²) in [4.78, 5) is 33.6. The van der Waals surface area contributed by atoms with Crippen LogP contribution in [0.2, 0.25) is 0 Å². The zero-order valence-electron chi connectivity index (χ0n) is 18.5. The molecule has 0 aliphatic heterocycles. The number of methoxy groups -OCH3 is 1. The van der Waals surface area contributed by atoms with E-state index >= 15 is 0 Å². The zero-order chi connectivity index (χ0) is 22.8. The van der Waals surface area contributed by atoms with Gasteiger partial charge in [0.25, 0.3) is 0 Å². The van der Waals surface area contributed by atoms with Crippen LogP contribution >= 0.6 is 0 Å². The van der Waals surface area contributed by atoms with Gasteiger partial charge in [-0.1, -0.05) is 19.9 Å². The Labute approximate surface area is 186 Å². The summed E-state index contributed by atoms with van der Waals surface area (Å²) in [5, 5.41) is 10.5. The predicted octanol–water partition coefficient (Wildman–Crippen LogP) is 3.82. The first-order chi connectivity index (χ1) is 15.4. The molecule has 0 atom stereocenters. The molecule has 1 aliphatic rings. The highest BCUT2D eigenvalue weighted by Gasteiger charge is 2.32. The normalized spacial score (nSPS) is 13.2. The topological polar surface area (TPSA) is 111 Å². The van der Waals surface area contributed by atoms with Gasteiger partial charge in [0.15, 0.2) is 17.4 Å². The SMILES string of the molecule is COc1c(Nc2cc(NC(=O)C(C)C)ncc2C(=O)C2CC2)cccc1-c1ncn(C)n1. The molecule has 4 rings (SSSR count). The molecule has 1 aliphatic carbocycles. The van der Waals surface area contributed by atoms with Gasteiger partial charge in [-0.2, -0.15) is 5.10 Å². The Bertz CT molecular complexity index is 1170. The van der Waals surface area contributed by atoms with E-state index in [-0.39, 0.29) is 23.5 Å². The Morgan fingerprint density at radius 2 is 1.97 bits per heavy atom. The minimum atomic E-state index is -0.191. The second-order valence-electron chi connectivity index (χ2n) is 8.15. The maximum Gasteiger partial charge on any atom is 0.228 e. The van der Waals surface area contributed by atoms with Gasteiger partial charge < -0.3 is 15.4 Å². The van der Waals surface area contributed by atoms with Gasteiger partial charge in [-0.05, 0) is 25.0 Å². The van der Waals surface area contributed by atoms with Gasteiger partial charge in [-0.25, -0.2) is 9.97 Å². The molecule has 0 saturated heterocycles. The number of nitrogens with zero attached hydrogens (tertiary/aromatic N) is 4. The smallest absolute Gasteiger partial charge is 0.228 e. The second kappa shape index (κ2) is 8.78. The number of Topliss-reactive ketones (excluding diaryl/α,β-unsaturated/α-hetero) is 1. The number of para-hydroxylation sites is 1. The third-order valence-corrected chi connectivity index (χ3v) is 5.22. The molecule has 1 aromatic carbocycles. The largest absolute Gasteiger partial charge is 0.494 e. The maximum atomic E-state index is 12.9. The monoisotopic (exact) mass is 434 g/mol. The molecule has 166 valence electrons. The van der Waals surface area contributed by atoms with Crippen molar-refractivity contribution in [1.29, 1.82) is 0 Å². The first-order valence-corrected chi connectivity index (χ1v) is 10.5. The highest BCUT2D eigenvalue weighted by atomic mass is 16.5. The molecule has 0 radical (unpaired) electrons. The minimum Gasteiger partial charge on any atom is -0.494 e. The number of carbonyl (C=O) groups excluding carboxylic acids is 2. The summed E-state index contributed by atoms with van der Waals surface area (Å²) < 4.78 is 7.30. The third kappa shape index (κ3) is 4.46. The summed E-state index contributed by atoms with van der Waals surface area (Å²) in [7, 11) is 3.37. The zero-order valence-corrected chi connectivity index (χ0v) is 18.5. The molecule has 1 amide bonds. The molecule has 0 bridgehead atoms. The number of amides is 1. The van der Waals surface area contributed by atoms with E-state index in [0.717, 1.165) is 18.4 Å². The van der Waals surface area contributed by atoms with Crippen LogP contribution in [0.4, 0.5) is 17.2 Å². The average molecular weight is 435 g/mol. The van der Waals surface area contributed by atoms with E-state index in [1.54, 1.807) is 31.2 Å². The molecular weight excluding hydrogens is 408 g/mol. The molecule has 0 spiro atoms. The van der Waals surface area contributed by atoms with E-state index in [4.69, 9.17) is 4.74 Å². The van der Waals surface area contributed by atoms with Gasteiger partial charge in [0, 0.05) is 31.1 Å². The van der Waals surface area contributed by atoms with Crippen molar-refractivity contribution in [1.82, 2.24) is 19.7 Å². The summed E-state index contributed by atoms with van der Waals surface area (Å²) in [5.74, 6) is 1.19. The van der Waals surface area contributed by atoms with Crippen molar-refractivity contribution in [2.24, 2.45) is 18.9 Å². The van der Waals surface area contributed by atoms with E-state index in [1.807, 2.05) is 32.0 Å². The molecule has 3 aromatic rings. The van der Waals surface area contributed by atoms with E-state index < -0.39 is 0 Å². The molecule has 1 fully saturated rings. The number of ketones is 1. The number of ether oxygens (including phenoxy) is 1. The fourth-order valence-corrected chi connectivity index (χ4v) is 3.30. The van der Waals surface area contributed by atoms with E-state index in [1.165, 1.54) is 6.20 Å². The molecule has 9 heteroatoms. The first-order valence-electron chi connectivity index (χ1n) is 10.5. The van der Waals surface area contributed by atoms with Crippen molar-refractivity contribution < 1.29 is 14.3 Å². The summed E-state index contributed by atoms with van der Waals surface area (Å²) in [6.45, 7) is 3.61. The molecule has 0 unspecified atom stereocenters. The van der Waals surface area contributed by atoms with E-state index in [9.17, 15) is 9.59 Å². The van der Waals surface area contributed by atoms with E-state index in [2.05, 4.69) is 25.7 Å². The summed E-state index contributed by atoms with van der Waals surface area (Å²) in [5.41, 5.74) is 2.41. The van der Waals surface area contributed by atoms with Gasteiger partial charge >= 0.3 is 0 Å². The molecule has 2 N–H and O–H groups in total. The number of nitrogens with one attached hydrogen (secondary N) is 2. The Morgan fingerprint density at radius 3 is 2.59 bits per heavy atom. The number of anilines is 3. The van der Waals surface area contributed by atoms with Gasteiger partial charge in [-0.15, -0.1) is 0 Å². The van der Waals surface area contributed by atoms with Crippen LogP contribution in [0.3, 0.4) is 0 Å². The van der Waals surface area contributed by atoms with Crippen LogP contribution in [0.5, 0.6) is 5.75 Å². The number of aromatic nitrogens is 4. The van der Waals surface area contributed by atoms with Crippen molar-refractivity contribution in [2.75, 3.05) is 17.7 Å². The number of carbonyl (C=O) groups is 2. The molecule has 1 saturated carbocycles. The summed E-state index contributed by atoms with van der Waals surface area (Å²) in [6.07, 6.45) is 4.91. The lowest BCUT2D eigenvalue weighted by atomic mass is 10.1. The third-order valence-electron chi connectivity index (χ3n) is 5.22. The quantitative estimate of drug-likeness (QED) is 0.519. The fourth-order valence-electron chi connectivity index (χ4n) is 3.30. The lowest BCUT2D eigenvalue weighted by molar-refractivity contribution is -0.118. The average Bonchev–Trinajstić information content (AvgIpc) is 3.54. The van der Waals surface area contributed by atoms with Crippen LogP contribution in [0.1, 0.15) is 37.0 Å². The van der Waals surface area contributed by atoms with Gasteiger partial charge in [0.2, 0.25) is 5.91 Å². The van der Waals surface area contributed by atoms with Gasteiger partial charge in [-0.3, -0.25) is 14.3 Å². The molecule has 2 aromatic heterocycles. The van der Waals surface area contributed by atoms with Crippen molar-refractivity contribution in [3.05, 3.63) is 42.4 Å². The number of hydrogen-bond acceptors (Lipinski definition) is 7. The molecule has 9 nitrogen and oxygen atoms in total. The molecular formula is C23H26N6O3. The van der Waals surface area contributed by atoms with Crippen LogP contribution in [0, 0.1) is 11.8 Å². The van der Waals surface area contributed by atoms with E-state index in [0.29, 0.717) is 34.3 Å². The molecule has 32 heavy (non-hydrogen) atoms. The highest BCUT2D eigenvalue weighted by Crippen LogP contribution is 2.39. The fraction of sp³-hybridized carbons (Fsp3) is 0.348. The lowest BCUT2D eigenvalue weighted by Crippen LogP contribution is -2.19. The van der Waals surface area contributed by atoms with Crippen LogP contribution in [-0.4, -0.2) is 38.5 Å². The number of rotatable bonds is 8. The van der Waals surface area contributed by atoms with Gasteiger partial charge in [0.1, 0.15) is 12.1 Å². The second-order valence-corrected chi connectivity index (χ2v) is 8.15. The van der Waals surface area contributed by atoms with Crippen molar-refractivity contribution >= 4 is 28.9 Å². The number of pyridine rings is 1. The van der Waals surface area contributed by atoms with Crippen LogP contribution in [0.25, 0.3) is 11.4 Å². The Morgan fingerprint density at radius 1 is 1.19 bits per heavy atom. The summed E-state index contributed by atoms with van der Waals surface area (Å²) in [6, 6.07) is 7.27. The van der Waals surface area contributed by atoms with Crippen LogP contribution in [-0.2, 0) is 11.8 Å². The van der Waals surface area contributed by atoms with Crippen LogP contribution in [0.15, 0.2) is 36.8 Å². The number of aryl methyl sites for hydroxylation is 1.